The smallest absolute Gasteiger partial charge is 0.137 e. The molecule has 4 heteroatoms. The van der Waals surface area contributed by atoms with E-state index in [2.05, 4.69) is 46.3 Å². The van der Waals surface area contributed by atoms with E-state index < -0.39 is 0 Å². The van der Waals surface area contributed by atoms with E-state index in [4.69, 9.17) is 0 Å². The van der Waals surface area contributed by atoms with Crippen molar-refractivity contribution in [3.05, 3.63) is 30.1 Å². The van der Waals surface area contributed by atoms with Crippen molar-refractivity contribution in [3.63, 3.8) is 0 Å². The zero-order valence-electron chi connectivity index (χ0n) is 11.0. The Morgan fingerprint density at radius 1 is 1.44 bits per heavy atom. The second-order valence-corrected chi connectivity index (χ2v) is 5.30. The normalized spacial score (nSPS) is 25.7. The molecule has 96 valence electrons. The van der Waals surface area contributed by atoms with Gasteiger partial charge in [0.25, 0.3) is 0 Å². The minimum atomic E-state index is 0.574. The SMILES string of the molecule is CC1CN(Cc2c[nH]c3ncccc23)C(C)CN1. The molecule has 2 N–H and O–H groups in total. The Bertz CT molecular complexity index is 533. The van der Waals surface area contributed by atoms with Crippen LogP contribution in [0.2, 0.25) is 0 Å². The molecule has 0 bridgehead atoms. The summed E-state index contributed by atoms with van der Waals surface area (Å²) in [6.45, 7) is 7.70. The van der Waals surface area contributed by atoms with E-state index >= 15 is 0 Å². The van der Waals surface area contributed by atoms with Crippen LogP contribution < -0.4 is 5.32 Å². The average molecular weight is 244 g/mol. The predicted octanol–water partition coefficient (Wildman–Crippen LogP) is 1.75. The lowest BCUT2D eigenvalue weighted by atomic mass is 10.1. The first-order valence-electron chi connectivity index (χ1n) is 6.62. The first-order valence-corrected chi connectivity index (χ1v) is 6.62. The maximum Gasteiger partial charge on any atom is 0.137 e. The van der Waals surface area contributed by atoms with Gasteiger partial charge in [-0.2, -0.15) is 0 Å². The number of pyridine rings is 1. The highest BCUT2D eigenvalue weighted by Gasteiger charge is 2.22. The molecular weight excluding hydrogens is 224 g/mol. The van der Waals surface area contributed by atoms with Crippen molar-refractivity contribution in [3.8, 4) is 0 Å². The summed E-state index contributed by atoms with van der Waals surface area (Å²) in [6.07, 6.45) is 3.93. The monoisotopic (exact) mass is 244 g/mol. The molecule has 0 spiro atoms. The highest BCUT2D eigenvalue weighted by atomic mass is 15.2. The lowest BCUT2D eigenvalue weighted by Crippen LogP contribution is -2.53. The van der Waals surface area contributed by atoms with Gasteiger partial charge in [-0.1, -0.05) is 0 Å². The molecule has 1 fully saturated rings. The van der Waals surface area contributed by atoms with Crippen LogP contribution in [-0.4, -0.2) is 40.0 Å². The highest BCUT2D eigenvalue weighted by Crippen LogP contribution is 2.19. The fourth-order valence-electron chi connectivity index (χ4n) is 2.68. The van der Waals surface area contributed by atoms with Gasteiger partial charge in [-0.3, -0.25) is 4.90 Å². The maximum atomic E-state index is 4.34. The Balaban J connectivity index is 1.83. The molecule has 2 aromatic rings. The molecular formula is C14H20N4. The van der Waals surface area contributed by atoms with E-state index in [0.717, 1.165) is 25.3 Å². The van der Waals surface area contributed by atoms with Gasteiger partial charge >= 0.3 is 0 Å². The van der Waals surface area contributed by atoms with Crippen molar-refractivity contribution in [2.75, 3.05) is 13.1 Å². The molecule has 1 aliphatic heterocycles. The van der Waals surface area contributed by atoms with Gasteiger partial charge in [0.05, 0.1) is 0 Å². The average Bonchev–Trinajstić information content (AvgIpc) is 2.78. The number of piperazine rings is 1. The standard InChI is InChI=1S/C14H20N4/c1-10-8-18(11(2)6-16-10)9-12-7-17-14-13(12)4-3-5-15-14/h3-5,7,10-11,16H,6,8-9H2,1-2H3,(H,15,17). The van der Waals surface area contributed by atoms with Crippen molar-refractivity contribution < 1.29 is 0 Å². The summed E-state index contributed by atoms with van der Waals surface area (Å²) in [6, 6.07) is 5.31. The van der Waals surface area contributed by atoms with Crippen molar-refractivity contribution in [2.24, 2.45) is 0 Å². The summed E-state index contributed by atoms with van der Waals surface area (Å²) in [4.78, 5) is 10.1. The number of hydrogen-bond donors (Lipinski definition) is 2. The van der Waals surface area contributed by atoms with Gasteiger partial charge in [-0.25, -0.2) is 4.98 Å². The number of nitrogens with zero attached hydrogens (tertiary/aromatic N) is 2. The van der Waals surface area contributed by atoms with Crippen molar-refractivity contribution in [1.82, 2.24) is 20.2 Å². The third-order valence-electron chi connectivity index (χ3n) is 3.80. The van der Waals surface area contributed by atoms with E-state index in [1.54, 1.807) is 0 Å². The first-order chi connectivity index (χ1) is 8.74. The number of H-pyrrole nitrogens is 1. The Hall–Kier alpha value is -1.39. The molecule has 0 aromatic carbocycles. The van der Waals surface area contributed by atoms with Crippen molar-refractivity contribution in [1.29, 1.82) is 0 Å². The fraction of sp³-hybridized carbons (Fsp3) is 0.500. The quantitative estimate of drug-likeness (QED) is 0.846. The van der Waals surface area contributed by atoms with E-state index in [-0.39, 0.29) is 0 Å². The Morgan fingerprint density at radius 2 is 2.33 bits per heavy atom. The van der Waals surface area contributed by atoms with E-state index in [1.165, 1.54) is 10.9 Å². The Morgan fingerprint density at radius 3 is 3.22 bits per heavy atom. The van der Waals surface area contributed by atoms with Gasteiger partial charge in [0.2, 0.25) is 0 Å². The van der Waals surface area contributed by atoms with Crippen LogP contribution in [0.25, 0.3) is 11.0 Å². The minimum absolute atomic E-state index is 0.574. The second kappa shape index (κ2) is 4.71. The Kier molecular flexibility index (Phi) is 3.06. The second-order valence-electron chi connectivity index (χ2n) is 5.30. The van der Waals surface area contributed by atoms with Crippen LogP contribution in [0, 0.1) is 0 Å². The maximum absolute atomic E-state index is 4.34. The molecule has 18 heavy (non-hydrogen) atoms. The summed E-state index contributed by atoms with van der Waals surface area (Å²) < 4.78 is 0. The number of rotatable bonds is 2. The van der Waals surface area contributed by atoms with Gasteiger partial charge in [0, 0.05) is 49.5 Å². The lowest BCUT2D eigenvalue weighted by Gasteiger charge is -2.37. The van der Waals surface area contributed by atoms with E-state index in [0.29, 0.717) is 12.1 Å². The zero-order valence-corrected chi connectivity index (χ0v) is 11.0. The van der Waals surface area contributed by atoms with E-state index in [9.17, 15) is 0 Å². The summed E-state index contributed by atoms with van der Waals surface area (Å²) in [5.41, 5.74) is 2.34. The molecule has 1 saturated heterocycles. The molecule has 0 saturated carbocycles. The summed E-state index contributed by atoms with van der Waals surface area (Å²) >= 11 is 0. The molecule has 3 rings (SSSR count). The lowest BCUT2D eigenvalue weighted by molar-refractivity contribution is 0.139. The third kappa shape index (κ3) is 2.13. The van der Waals surface area contributed by atoms with Crippen LogP contribution >= 0.6 is 0 Å². The molecule has 0 amide bonds. The molecule has 4 nitrogen and oxygen atoms in total. The fourth-order valence-corrected chi connectivity index (χ4v) is 2.68. The van der Waals surface area contributed by atoms with Crippen LogP contribution in [0.1, 0.15) is 19.4 Å². The molecule has 2 aromatic heterocycles. The third-order valence-corrected chi connectivity index (χ3v) is 3.80. The summed E-state index contributed by atoms with van der Waals surface area (Å²) in [7, 11) is 0. The largest absolute Gasteiger partial charge is 0.346 e. The molecule has 3 heterocycles. The van der Waals surface area contributed by atoms with Gasteiger partial charge in [0.15, 0.2) is 0 Å². The first kappa shape index (κ1) is 11.7. The molecule has 2 atom stereocenters. The van der Waals surface area contributed by atoms with Gasteiger partial charge < -0.3 is 10.3 Å². The summed E-state index contributed by atoms with van der Waals surface area (Å²) in [5.74, 6) is 0. The molecule has 1 aliphatic rings. The Labute approximate surface area is 107 Å². The number of hydrogen-bond acceptors (Lipinski definition) is 3. The van der Waals surface area contributed by atoms with Crippen LogP contribution in [-0.2, 0) is 6.54 Å². The number of aromatic nitrogens is 2. The highest BCUT2D eigenvalue weighted by molar-refractivity contribution is 5.79. The summed E-state index contributed by atoms with van der Waals surface area (Å²) in [5, 5.41) is 4.76. The zero-order chi connectivity index (χ0) is 12.5. The van der Waals surface area contributed by atoms with Gasteiger partial charge in [-0.15, -0.1) is 0 Å². The van der Waals surface area contributed by atoms with Crippen LogP contribution in [0.3, 0.4) is 0 Å². The van der Waals surface area contributed by atoms with Gasteiger partial charge in [-0.05, 0) is 31.5 Å². The predicted molar refractivity (Wildman–Crippen MR) is 73.4 cm³/mol. The van der Waals surface area contributed by atoms with Gasteiger partial charge in [0.1, 0.15) is 5.65 Å². The number of fused-ring (bicyclic) bond motifs is 1. The van der Waals surface area contributed by atoms with Crippen LogP contribution in [0.4, 0.5) is 0 Å². The van der Waals surface area contributed by atoms with E-state index in [1.807, 2.05) is 12.3 Å². The molecule has 0 aliphatic carbocycles. The minimum Gasteiger partial charge on any atom is -0.346 e. The van der Waals surface area contributed by atoms with Crippen molar-refractivity contribution >= 4 is 11.0 Å². The van der Waals surface area contributed by atoms with Crippen LogP contribution in [0.15, 0.2) is 24.5 Å². The molecule has 0 radical (unpaired) electrons. The number of aromatic amines is 1. The number of nitrogens with one attached hydrogen (secondary N) is 2. The topological polar surface area (TPSA) is 44.0 Å². The molecule has 2 unspecified atom stereocenters. The van der Waals surface area contributed by atoms with Crippen LogP contribution in [0.5, 0.6) is 0 Å². The van der Waals surface area contributed by atoms with Crippen molar-refractivity contribution in [2.45, 2.75) is 32.5 Å².